The van der Waals surface area contributed by atoms with E-state index in [1.54, 1.807) is 66.7 Å². The number of carbonyl (C=O) groups is 4. The highest BCUT2D eigenvalue weighted by molar-refractivity contribution is 7.90. The summed E-state index contributed by atoms with van der Waals surface area (Å²) in [4.78, 5) is 62.6. The van der Waals surface area contributed by atoms with Crippen LogP contribution in [-0.4, -0.2) is 65.3 Å². The lowest BCUT2D eigenvalue weighted by molar-refractivity contribution is -0.151. The molecule has 1 aliphatic rings. The van der Waals surface area contributed by atoms with Crippen LogP contribution in [0.2, 0.25) is 5.02 Å². The van der Waals surface area contributed by atoms with Crippen molar-refractivity contribution in [2.75, 3.05) is 23.9 Å². The van der Waals surface area contributed by atoms with E-state index in [0.29, 0.717) is 55.8 Å². The maximum Gasteiger partial charge on any atom is 0.307 e. The highest BCUT2D eigenvalue weighted by Gasteiger charge is 2.35. The second-order valence-corrected chi connectivity index (χ2v) is 17.7. The fraction of sp³-hybridized carbons (Fsp3) is 0.191. The minimum atomic E-state index is -3.47. The highest BCUT2D eigenvalue weighted by atomic mass is 35.5. The van der Waals surface area contributed by atoms with Crippen LogP contribution in [0.5, 0.6) is 5.75 Å². The van der Waals surface area contributed by atoms with Gasteiger partial charge >= 0.3 is 5.97 Å². The van der Waals surface area contributed by atoms with Crippen LogP contribution >= 0.6 is 11.6 Å². The number of esters is 1. The number of amides is 1. The molecule has 0 aliphatic heterocycles. The maximum absolute atomic E-state index is 13.6. The lowest BCUT2D eigenvalue weighted by Gasteiger charge is -2.21. The summed E-state index contributed by atoms with van der Waals surface area (Å²) in [5, 5.41) is 4.26. The third-order valence-electron chi connectivity index (χ3n) is 10.4. The Balaban J connectivity index is 0.912. The first-order valence-electron chi connectivity index (χ1n) is 19.9. The van der Waals surface area contributed by atoms with Gasteiger partial charge in [0.05, 0.1) is 34.8 Å². The number of fused-ring (bicyclic) bond motifs is 3. The van der Waals surface area contributed by atoms with Gasteiger partial charge in [-0.05, 0) is 79.2 Å². The molecule has 0 spiro atoms. The summed E-state index contributed by atoms with van der Waals surface area (Å²) in [5.74, 6) is -1.11. The molecule has 1 amide bonds. The van der Waals surface area contributed by atoms with E-state index in [4.69, 9.17) is 29.9 Å². The second-order valence-electron chi connectivity index (χ2n) is 15.1. The van der Waals surface area contributed by atoms with Crippen LogP contribution in [0.4, 0.5) is 15.9 Å². The van der Waals surface area contributed by atoms with E-state index in [-0.39, 0.29) is 78.1 Å². The van der Waals surface area contributed by atoms with Crippen LogP contribution in [0, 0.1) is 5.82 Å². The van der Waals surface area contributed by atoms with E-state index < -0.39 is 33.6 Å². The van der Waals surface area contributed by atoms with Crippen molar-refractivity contribution < 1.29 is 50.3 Å². The average molecular weight is 905 g/mol. The number of benzene rings is 4. The number of hydrogen-bond donors (Lipinski definition) is 1. The number of sulfone groups is 1. The Bertz CT molecular complexity index is 3020. The Morgan fingerprint density at radius 2 is 1.67 bits per heavy atom. The second kappa shape index (κ2) is 18.3. The van der Waals surface area contributed by atoms with Crippen molar-refractivity contribution in [3.8, 4) is 17.1 Å². The number of nitrogens with zero attached hydrogens (tertiary/aromatic N) is 3. The van der Waals surface area contributed by atoms with E-state index in [0.717, 1.165) is 6.26 Å². The number of nitrogens with one attached hydrogen (secondary N) is 1. The van der Waals surface area contributed by atoms with E-state index in [1.807, 2.05) is 12.1 Å². The lowest BCUT2D eigenvalue weighted by atomic mass is 9.88. The smallest absolute Gasteiger partial charge is 0.307 e. The van der Waals surface area contributed by atoms with Crippen LogP contribution in [0.1, 0.15) is 75.0 Å². The van der Waals surface area contributed by atoms with Crippen LogP contribution in [-0.2, 0) is 37.3 Å². The summed E-state index contributed by atoms with van der Waals surface area (Å²) in [5.41, 5.74) is 3.13. The lowest BCUT2D eigenvalue weighted by Crippen LogP contribution is -2.34. The van der Waals surface area contributed by atoms with Crippen molar-refractivity contribution in [2.24, 2.45) is 0 Å². The van der Waals surface area contributed by atoms with Crippen LogP contribution < -0.4 is 10.1 Å². The van der Waals surface area contributed by atoms with Crippen molar-refractivity contribution in [3.05, 3.63) is 160 Å². The molecule has 0 radical (unpaired) electrons. The molecule has 8 rings (SSSR count). The van der Waals surface area contributed by atoms with Gasteiger partial charge in [-0.25, -0.2) is 22.8 Å². The number of aromatic nitrogens is 2. The zero-order valence-electron chi connectivity index (χ0n) is 34.3. The number of furan rings is 2. The van der Waals surface area contributed by atoms with E-state index in [2.05, 4.69) is 15.3 Å². The van der Waals surface area contributed by atoms with Gasteiger partial charge in [0.2, 0.25) is 11.7 Å². The number of ether oxygens (including phenoxy) is 2. The van der Waals surface area contributed by atoms with Crippen LogP contribution in [0.25, 0.3) is 22.2 Å². The summed E-state index contributed by atoms with van der Waals surface area (Å²) in [6.07, 6.45) is 0.848. The van der Waals surface area contributed by atoms with Crippen LogP contribution in [0.3, 0.4) is 0 Å². The molecule has 0 saturated heterocycles. The topological polar surface area (TPSA) is 188 Å². The van der Waals surface area contributed by atoms with Crippen molar-refractivity contribution in [1.82, 2.24) is 14.9 Å². The molecule has 0 bridgehead atoms. The summed E-state index contributed by atoms with van der Waals surface area (Å²) in [6, 6.07) is 27.9. The first kappa shape index (κ1) is 43.5. The molecule has 326 valence electrons. The van der Waals surface area contributed by atoms with Gasteiger partial charge in [0.15, 0.2) is 17.6 Å². The highest BCUT2D eigenvalue weighted by Crippen LogP contribution is 2.35. The quantitative estimate of drug-likeness (QED) is 0.0907. The molecule has 1 unspecified atom stereocenters. The van der Waals surface area contributed by atoms with E-state index in [1.165, 1.54) is 42.4 Å². The molecule has 0 saturated carbocycles. The largest absolute Gasteiger partial charge is 0.487 e. The SMILES string of the molecule is CC(OC(=O)CCC(=O)N(CCS(C)(=O)=O)Cc1ccc(-c2ccc3ncnc(Nc4ccc(OCc5cccc(F)c5)c(Cl)c4)c3c2)o1)c1cc2c(o1)C(=O)c1ccccc1C2=O. The van der Waals surface area contributed by atoms with Gasteiger partial charge < -0.3 is 28.5 Å². The van der Waals surface area contributed by atoms with Gasteiger partial charge in [-0.2, -0.15) is 0 Å². The molecule has 1 aliphatic carbocycles. The van der Waals surface area contributed by atoms with Crippen molar-refractivity contribution in [2.45, 2.75) is 39.0 Å². The molecule has 17 heteroatoms. The molecular formula is C47H38ClFN4O10S. The molecule has 64 heavy (non-hydrogen) atoms. The van der Waals surface area contributed by atoms with E-state index in [9.17, 15) is 32.0 Å². The van der Waals surface area contributed by atoms with E-state index >= 15 is 0 Å². The van der Waals surface area contributed by atoms with Gasteiger partial charge in [0, 0.05) is 47.0 Å². The first-order chi connectivity index (χ1) is 30.7. The summed E-state index contributed by atoms with van der Waals surface area (Å²) < 4.78 is 61.1. The molecule has 4 aromatic carbocycles. The monoisotopic (exact) mass is 904 g/mol. The minimum absolute atomic E-state index is 0.0760. The van der Waals surface area contributed by atoms with Gasteiger partial charge in [0.25, 0.3) is 0 Å². The van der Waals surface area contributed by atoms with Crippen molar-refractivity contribution >= 4 is 67.3 Å². The number of hydrogen-bond acceptors (Lipinski definition) is 13. The number of ketones is 2. The molecule has 3 aromatic heterocycles. The van der Waals surface area contributed by atoms with Gasteiger partial charge in [-0.15, -0.1) is 0 Å². The number of carbonyl (C=O) groups excluding carboxylic acids is 4. The number of halogens is 2. The Labute approximate surface area is 370 Å². The summed E-state index contributed by atoms with van der Waals surface area (Å²) >= 11 is 6.54. The summed E-state index contributed by atoms with van der Waals surface area (Å²) in [6.45, 7) is 1.40. The number of rotatable bonds is 16. The maximum atomic E-state index is 13.6. The molecule has 1 N–H and O–H groups in total. The molecule has 7 aromatic rings. The fourth-order valence-corrected chi connectivity index (χ4v) is 7.87. The fourth-order valence-electron chi connectivity index (χ4n) is 7.08. The third kappa shape index (κ3) is 9.88. The van der Waals surface area contributed by atoms with Crippen molar-refractivity contribution in [1.29, 1.82) is 0 Å². The molecule has 1 atom stereocenters. The average Bonchev–Trinajstić information content (AvgIpc) is 3.94. The predicted molar refractivity (Wildman–Crippen MR) is 234 cm³/mol. The Morgan fingerprint density at radius 1 is 0.875 bits per heavy atom. The standard InChI is InChI=1S/C47H38ClFN4O10S/c1-27(41-23-36-44(56)33-8-3-4-9-34(33)45(57)46(36)63-41)61-43(55)17-16-42(54)53(18-19-64(2,58)59)24-32-12-15-39(62-32)29-10-13-38-35(21-29)47(51-26-50-38)52-31-11-14-40(37(48)22-31)60-25-28-6-5-7-30(49)20-28/h3-15,20-23,26-27H,16-19,24-25H2,1-2H3,(H,50,51,52). The number of anilines is 2. The van der Waals surface area contributed by atoms with Gasteiger partial charge in [-0.1, -0.05) is 48.0 Å². The molecule has 3 heterocycles. The normalized spacial score (nSPS) is 12.7. The van der Waals surface area contributed by atoms with Crippen molar-refractivity contribution in [3.63, 3.8) is 0 Å². The Morgan fingerprint density at radius 3 is 2.44 bits per heavy atom. The molecule has 14 nitrogen and oxygen atoms in total. The van der Waals surface area contributed by atoms with Crippen LogP contribution in [0.15, 0.2) is 118 Å². The van der Waals surface area contributed by atoms with Gasteiger partial charge in [0.1, 0.15) is 57.4 Å². The first-order valence-corrected chi connectivity index (χ1v) is 22.4. The van der Waals surface area contributed by atoms with Gasteiger partial charge in [-0.3, -0.25) is 19.2 Å². The molecule has 0 fully saturated rings. The Hall–Kier alpha value is -7.17. The molecular weight excluding hydrogens is 867 g/mol. The zero-order valence-corrected chi connectivity index (χ0v) is 35.9. The minimum Gasteiger partial charge on any atom is -0.487 e. The summed E-state index contributed by atoms with van der Waals surface area (Å²) in [7, 11) is -3.47. The third-order valence-corrected chi connectivity index (χ3v) is 11.6. The zero-order chi connectivity index (χ0) is 45.1. The Kier molecular flexibility index (Phi) is 12.4. The predicted octanol–water partition coefficient (Wildman–Crippen LogP) is 8.83.